The number of aliphatic hydroxyl groups excluding tert-OH is 1. The fraction of sp³-hybridized carbons (Fsp3) is 0.385. The van der Waals surface area contributed by atoms with Crippen molar-refractivity contribution in [1.82, 2.24) is 10.3 Å². The maximum atomic E-state index is 11.5. The third-order valence-electron chi connectivity index (χ3n) is 2.28. The van der Waals surface area contributed by atoms with Crippen LogP contribution in [0.4, 0.5) is 0 Å². The predicted molar refractivity (Wildman–Crippen MR) is 67.1 cm³/mol. The van der Waals surface area contributed by atoms with Gasteiger partial charge < -0.3 is 10.4 Å². The van der Waals surface area contributed by atoms with E-state index in [1.807, 2.05) is 26.0 Å². The molecule has 0 saturated heterocycles. The fourth-order valence-corrected chi connectivity index (χ4v) is 1.09. The molecule has 4 nitrogen and oxygen atoms in total. The van der Waals surface area contributed by atoms with Crippen molar-refractivity contribution >= 4 is 12.0 Å². The van der Waals surface area contributed by atoms with E-state index < -0.39 is 0 Å². The molecule has 0 unspecified atom stereocenters. The first-order valence-electron chi connectivity index (χ1n) is 5.50. The van der Waals surface area contributed by atoms with Crippen LogP contribution in [-0.4, -0.2) is 29.1 Å². The lowest BCUT2D eigenvalue weighted by Gasteiger charge is -2.21. The molecule has 4 heteroatoms. The summed E-state index contributed by atoms with van der Waals surface area (Å²) in [6, 6.07) is 3.68. The maximum absolute atomic E-state index is 11.5. The van der Waals surface area contributed by atoms with Crippen LogP contribution in [0.2, 0.25) is 0 Å². The van der Waals surface area contributed by atoms with E-state index in [0.717, 1.165) is 5.56 Å². The van der Waals surface area contributed by atoms with Gasteiger partial charge in [-0.1, -0.05) is 19.9 Å². The van der Waals surface area contributed by atoms with Gasteiger partial charge in [0, 0.05) is 37.0 Å². The quantitative estimate of drug-likeness (QED) is 0.753. The van der Waals surface area contributed by atoms with Gasteiger partial charge in [-0.15, -0.1) is 0 Å². The molecular formula is C13H18N2O2. The van der Waals surface area contributed by atoms with Gasteiger partial charge in [0.1, 0.15) is 0 Å². The van der Waals surface area contributed by atoms with Gasteiger partial charge in [0.15, 0.2) is 0 Å². The van der Waals surface area contributed by atoms with Crippen LogP contribution in [-0.2, 0) is 4.79 Å². The zero-order valence-electron chi connectivity index (χ0n) is 10.2. The fourth-order valence-electron chi connectivity index (χ4n) is 1.09. The van der Waals surface area contributed by atoms with Crippen LogP contribution in [0.5, 0.6) is 0 Å². The van der Waals surface area contributed by atoms with E-state index in [4.69, 9.17) is 5.11 Å². The second kappa shape index (κ2) is 6.15. The smallest absolute Gasteiger partial charge is 0.244 e. The third kappa shape index (κ3) is 5.26. The second-order valence-electron chi connectivity index (χ2n) is 4.66. The van der Waals surface area contributed by atoms with E-state index in [1.165, 1.54) is 6.08 Å². The van der Waals surface area contributed by atoms with Crippen LogP contribution in [0.15, 0.2) is 30.6 Å². The topological polar surface area (TPSA) is 62.2 Å². The molecule has 0 aliphatic rings. The van der Waals surface area contributed by atoms with E-state index in [0.29, 0.717) is 6.54 Å². The Balaban J connectivity index is 2.43. The van der Waals surface area contributed by atoms with Crippen LogP contribution in [0.1, 0.15) is 19.4 Å². The number of amides is 1. The van der Waals surface area contributed by atoms with Gasteiger partial charge in [-0.25, -0.2) is 0 Å². The summed E-state index contributed by atoms with van der Waals surface area (Å²) in [4.78, 5) is 15.4. The van der Waals surface area contributed by atoms with E-state index in [1.54, 1.807) is 18.5 Å². The number of carbonyl (C=O) groups is 1. The van der Waals surface area contributed by atoms with Crippen LogP contribution in [0, 0.1) is 5.41 Å². The minimum absolute atomic E-state index is 0.0413. The monoisotopic (exact) mass is 234 g/mol. The Labute approximate surface area is 101 Å². The molecule has 0 fully saturated rings. The van der Waals surface area contributed by atoms with Crippen molar-refractivity contribution in [2.45, 2.75) is 13.8 Å². The van der Waals surface area contributed by atoms with Gasteiger partial charge in [0.05, 0.1) is 0 Å². The van der Waals surface area contributed by atoms with Crippen LogP contribution < -0.4 is 5.32 Å². The van der Waals surface area contributed by atoms with E-state index in [2.05, 4.69) is 10.3 Å². The summed E-state index contributed by atoms with van der Waals surface area (Å²) < 4.78 is 0. The van der Waals surface area contributed by atoms with E-state index >= 15 is 0 Å². The molecule has 0 aliphatic heterocycles. The highest BCUT2D eigenvalue weighted by molar-refractivity contribution is 5.91. The molecule has 1 aromatic rings. The van der Waals surface area contributed by atoms with Crippen molar-refractivity contribution in [2.24, 2.45) is 5.41 Å². The van der Waals surface area contributed by atoms with Gasteiger partial charge >= 0.3 is 0 Å². The number of nitrogens with one attached hydrogen (secondary N) is 1. The summed E-state index contributed by atoms with van der Waals surface area (Å²) in [5.74, 6) is -0.171. The molecule has 0 radical (unpaired) electrons. The Morgan fingerprint density at radius 1 is 1.59 bits per heavy atom. The lowest BCUT2D eigenvalue weighted by Crippen LogP contribution is -2.35. The third-order valence-corrected chi connectivity index (χ3v) is 2.28. The van der Waals surface area contributed by atoms with E-state index in [-0.39, 0.29) is 17.9 Å². The Bertz CT molecular complexity index is 386. The summed E-state index contributed by atoms with van der Waals surface area (Å²) in [6.07, 6.45) is 6.53. The molecule has 0 bridgehead atoms. The lowest BCUT2D eigenvalue weighted by atomic mass is 9.95. The Morgan fingerprint density at radius 3 is 2.94 bits per heavy atom. The number of aromatic nitrogens is 1. The SMILES string of the molecule is CC(C)(CO)CNC(=O)/C=C/c1cccnc1. The standard InChI is InChI=1S/C13H18N2O2/c1-13(2,10-16)9-15-12(17)6-5-11-4-3-7-14-8-11/h3-8,16H,9-10H2,1-2H3,(H,15,17)/b6-5+. The number of carbonyl (C=O) groups excluding carboxylic acids is 1. The molecule has 1 amide bonds. The molecular weight excluding hydrogens is 216 g/mol. The summed E-state index contributed by atoms with van der Waals surface area (Å²) >= 11 is 0. The molecule has 1 aromatic heterocycles. The molecule has 1 rings (SSSR count). The predicted octanol–water partition coefficient (Wildman–Crippen LogP) is 1.23. The van der Waals surface area contributed by atoms with Crippen molar-refractivity contribution < 1.29 is 9.90 Å². The second-order valence-corrected chi connectivity index (χ2v) is 4.66. The molecule has 0 saturated carbocycles. The largest absolute Gasteiger partial charge is 0.396 e. The highest BCUT2D eigenvalue weighted by atomic mass is 16.3. The minimum atomic E-state index is -0.294. The molecule has 92 valence electrons. The number of hydrogen-bond donors (Lipinski definition) is 2. The number of nitrogens with zero attached hydrogens (tertiary/aromatic N) is 1. The van der Waals surface area contributed by atoms with E-state index in [9.17, 15) is 4.79 Å². The van der Waals surface area contributed by atoms with Crippen molar-refractivity contribution in [3.05, 3.63) is 36.2 Å². The minimum Gasteiger partial charge on any atom is -0.396 e. The van der Waals surface area contributed by atoms with Crippen molar-refractivity contribution in [1.29, 1.82) is 0 Å². The number of pyridine rings is 1. The van der Waals surface area contributed by atoms with Crippen molar-refractivity contribution in [3.63, 3.8) is 0 Å². The normalized spacial score (nSPS) is 11.7. The summed E-state index contributed by atoms with van der Waals surface area (Å²) in [6.45, 7) is 4.26. The summed E-state index contributed by atoms with van der Waals surface area (Å²) in [5, 5.41) is 11.8. The van der Waals surface area contributed by atoms with Crippen molar-refractivity contribution in [3.8, 4) is 0 Å². The molecule has 0 aromatic carbocycles. The first-order valence-corrected chi connectivity index (χ1v) is 5.50. The van der Waals surface area contributed by atoms with Gasteiger partial charge in [0.2, 0.25) is 5.91 Å². The van der Waals surface area contributed by atoms with Gasteiger partial charge in [-0.05, 0) is 17.7 Å². The zero-order chi connectivity index (χ0) is 12.7. The average molecular weight is 234 g/mol. The van der Waals surface area contributed by atoms with Crippen LogP contribution >= 0.6 is 0 Å². The first kappa shape index (κ1) is 13.4. The van der Waals surface area contributed by atoms with Crippen LogP contribution in [0.25, 0.3) is 6.08 Å². The van der Waals surface area contributed by atoms with Crippen LogP contribution in [0.3, 0.4) is 0 Å². The number of rotatable bonds is 5. The summed E-state index contributed by atoms with van der Waals surface area (Å²) in [5.41, 5.74) is 0.585. The Morgan fingerprint density at radius 2 is 2.35 bits per heavy atom. The summed E-state index contributed by atoms with van der Waals surface area (Å²) in [7, 11) is 0. The lowest BCUT2D eigenvalue weighted by molar-refractivity contribution is -0.116. The maximum Gasteiger partial charge on any atom is 0.244 e. The molecule has 0 atom stereocenters. The Kier molecular flexibility index (Phi) is 4.84. The first-order chi connectivity index (χ1) is 8.03. The average Bonchev–Trinajstić information content (AvgIpc) is 2.35. The van der Waals surface area contributed by atoms with Crippen molar-refractivity contribution in [2.75, 3.05) is 13.2 Å². The zero-order valence-corrected chi connectivity index (χ0v) is 10.2. The van der Waals surface area contributed by atoms with Gasteiger partial charge in [-0.3, -0.25) is 9.78 Å². The van der Waals surface area contributed by atoms with Gasteiger partial charge in [0.25, 0.3) is 0 Å². The Hall–Kier alpha value is -1.68. The van der Waals surface area contributed by atoms with Gasteiger partial charge in [-0.2, -0.15) is 0 Å². The number of hydrogen-bond acceptors (Lipinski definition) is 3. The molecule has 17 heavy (non-hydrogen) atoms. The molecule has 0 aliphatic carbocycles. The highest BCUT2D eigenvalue weighted by Crippen LogP contribution is 2.11. The highest BCUT2D eigenvalue weighted by Gasteiger charge is 2.16. The molecule has 0 spiro atoms. The number of aliphatic hydroxyl groups is 1. The molecule has 1 heterocycles. The molecule has 2 N–H and O–H groups in total.